The van der Waals surface area contributed by atoms with E-state index in [4.69, 9.17) is 4.74 Å². The molecule has 0 aliphatic rings. The first-order valence-electron chi connectivity index (χ1n) is 10.5. The van der Waals surface area contributed by atoms with Crippen LogP contribution in [0.5, 0.6) is 5.75 Å². The number of halogens is 1. The molecule has 7 heteroatoms. The maximum Gasteiger partial charge on any atom is 0.253 e. The Hall–Kier alpha value is -2.29. The molecule has 0 saturated heterocycles. The predicted molar refractivity (Wildman–Crippen MR) is 139 cm³/mol. The number of hydrogen-bond acceptors (Lipinski definition) is 3. The zero-order chi connectivity index (χ0) is 21.8. The number of ether oxygens (including phenoxy) is 1. The Morgan fingerprint density at radius 2 is 1.68 bits per heavy atom. The summed E-state index contributed by atoms with van der Waals surface area (Å²) in [5.74, 6) is 1.72. The van der Waals surface area contributed by atoms with E-state index < -0.39 is 0 Å². The van der Waals surface area contributed by atoms with Gasteiger partial charge in [0.25, 0.3) is 5.91 Å². The molecule has 6 nitrogen and oxygen atoms in total. The Balaban J connectivity index is 0.00000480. The van der Waals surface area contributed by atoms with Gasteiger partial charge in [-0.15, -0.1) is 24.0 Å². The Labute approximate surface area is 203 Å². The highest BCUT2D eigenvalue weighted by molar-refractivity contribution is 14.0. The van der Waals surface area contributed by atoms with E-state index in [1.165, 1.54) is 5.56 Å². The molecule has 0 bridgehead atoms. The van der Waals surface area contributed by atoms with Crippen molar-refractivity contribution in [1.29, 1.82) is 0 Å². The Bertz CT molecular complexity index is 805. The summed E-state index contributed by atoms with van der Waals surface area (Å²) < 4.78 is 5.76. The van der Waals surface area contributed by atoms with Gasteiger partial charge in [-0.1, -0.05) is 29.8 Å². The summed E-state index contributed by atoms with van der Waals surface area (Å²) in [4.78, 5) is 18.2. The number of amides is 1. The lowest BCUT2D eigenvalue weighted by Crippen LogP contribution is -2.37. The lowest BCUT2D eigenvalue weighted by Gasteiger charge is -2.12. The molecule has 31 heavy (non-hydrogen) atoms. The van der Waals surface area contributed by atoms with Crippen molar-refractivity contribution in [2.24, 2.45) is 4.99 Å². The molecule has 0 aliphatic carbocycles. The van der Waals surface area contributed by atoms with E-state index in [1.54, 1.807) is 19.0 Å². The van der Waals surface area contributed by atoms with Crippen LogP contribution in [0.15, 0.2) is 53.5 Å². The first-order valence-corrected chi connectivity index (χ1v) is 10.5. The van der Waals surface area contributed by atoms with Crippen molar-refractivity contribution in [3.8, 4) is 5.75 Å². The van der Waals surface area contributed by atoms with Crippen molar-refractivity contribution in [3.05, 3.63) is 65.2 Å². The molecule has 0 saturated carbocycles. The van der Waals surface area contributed by atoms with Crippen LogP contribution in [0.2, 0.25) is 0 Å². The number of aryl methyl sites for hydroxylation is 1. The van der Waals surface area contributed by atoms with Gasteiger partial charge in [-0.2, -0.15) is 0 Å². The van der Waals surface area contributed by atoms with E-state index >= 15 is 0 Å². The summed E-state index contributed by atoms with van der Waals surface area (Å²) in [5.41, 5.74) is 2.99. The van der Waals surface area contributed by atoms with E-state index in [0.717, 1.165) is 43.2 Å². The number of guanidine groups is 1. The highest BCUT2D eigenvalue weighted by Crippen LogP contribution is 2.11. The summed E-state index contributed by atoms with van der Waals surface area (Å²) in [6.45, 7) is 7.02. The molecule has 0 unspecified atom stereocenters. The van der Waals surface area contributed by atoms with Crippen molar-refractivity contribution < 1.29 is 9.53 Å². The zero-order valence-corrected chi connectivity index (χ0v) is 21.3. The molecule has 0 fully saturated rings. The molecule has 170 valence electrons. The van der Waals surface area contributed by atoms with Gasteiger partial charge in [0.15, 0.2) is 5.96 Å². The molecular weight excluding hydrogens is 503 g/mol. The number of rotatable bonds is 10. The maximum atomic E-state index is 12.0. The fraction of sp³-hybridized carbons (Fsp3) is 0.417. The van der Waals surface area contributed by atoms with Crippen molar-refractivity contribution in [1.82, 2.24) is 15.5 Å². The van der Waals surface area contributed by atoms with Gasteiger partial charge in [0.1, 0.15) is 5.75 Å². The quantitative estimate of drug-likeness (QED) is 0.206. The molecule has 0 spiro atoms. The normalized spacial score (nSPS) is 10.8. The maximum absolute atomic E-state index is 12.0. The first-order chi connectivity index (χ1) is 14.5. The topological polar surface area (TPSA) is 66.0 Å². The van der Waals surface area contributed by atoms with Crippen LogP contribution in [0.3, 0.4) is 0 Å². The van der Waals surface area contributed by atoms with Gasteiger partial charge in [-0.3, -0.25) is 4.79 Å². The van der Waals surface area contributed by atoms with Crippen molar-refractivity contribution in [3.63, 3.8) is 0 Å². The molecule has 0 aliphatic heterocycles. The van der Waals surface area contributed by atoms with Gasteiger partial charge in [0.05, 0.1) is 13.2 Å². The van der Waals surface area contributed by atoms with E-state index in [-0.39, 0.29) is 29.9 Å². The first kappa shape index (κ1) is 26.7. The van der Waals surface area contributed by atoms with Gasteiger partial charge in [-0.05, 0) is 56.5 Å². The standard InChI is InChI=1S/C24H34N4O2.HI/c1-5-25-24(26-16-6-7-17-30-22-14-8-19(2)9-15-22)27-18-20-10-12-21(13-11-20)23(29)28(3)4;/h8-15H,5-7,16-18H2,1-4H3,(H2,25,26,27);1H. The minimum atomic E-state index is 0. The third-order valence-corrected chi connectivity index (χ3v) is 4.52. The summed E-state index contributed by atoms with van der Waals surface area (Å²) in [7, 11) is 3.51. The van der Waals surface area contributed by atoms with Crippen molar-refractivity contribution in [2.75, 3.05) is 33.8 Å². The smallest absolute Gasteiger partial charge is 0.253 e. The van der Waals surface area contributed by atoms with Crippen LogP contribution in [0.4, 0.5) is 0 Å². The van der Waals surface area contributed by atoms with E-state index in [1.807, 2.05) is 43.3 Å². The third kappa shape index (κ3) is 10.0. The van der Waals surface area contributed by atoms with Crippen molar-refractivity contribution >= 4 is 35.8 Å². The average Bonchev–Trinajstić information content (AvgIpc) is 2.75. The molecular formula is C24H35IN4O2. The molecule has 2 N–H and O–H groups in total. The SMILES string of the molecule is CCNC(=NCc1ccc(C(=O)N(C)C)cc1)NCCCCOc1ccc(C)cc1.I. The lowest BCUT2D eigenvalue weighted by atomic mass is 10.1. The number of carbonyl (C=O) groups excluding carboxylic acids is 1. The van der Waals surface area contributed by atoms with Crippen LogP contribution in [0.25, 0.3) is 0 Å². The average molecular weight is 538 g/mol. The predicted octanol–water partition coefficient (Wildman–Crippen LogP) is 4.23. The van der Waals surface area contributed by atoms with Crippen LogP contribution < -0.4 is 15.4 Å². The number of unbranched alkanes of at least 4 members (excludes halogenated alkanes) is 1. The van der Waals surface area contributed by atoms with Gasteiger partial charge in [0.2, 0.25) is 0 Å². The fourth-order valence-electron chi connectivity index (χ4n) is 2.78. The Morgan fingerprint density at radius 1 is 1.00 bits per heavy atom. The highest BCUT2D eigenvalue weighted by atomic mass is 127. The number of nitrogens with one attached hydrogen (secondary N) is 2. The number of benzene rings is 2. The number of hydrogen-bond donors (Lipinski definition) is 2. The van der Waals surface area contributed by atoms with Crippen LogP contribution in [0, 0.1) is 6.92 Å². The minimum Gasteiger partial charge on any atom is -0.494 e. The molecule has 0 radical (unpaired) electrons. The Morgan fingerprint density at radius 3 is 2.29 bits per heavy atom. The second-order valence-corrected chi connectivity index (χ2v) is 7.39. The number of aliphatic imine (C=N–C) groups is 1. The Kier molecular flexibility index (Phi) is 12.7. The lowest BCUT2D eigenvalue weighted by molar-refractivity contribution is 0.0827. The molecule has 1 amide bonds. The van der Waals surface area contributed by atoms with E-state index in [0.29, 0.717) is 18.7 Å². The number of carbonyl (C=O) groups is 1. The van der Waals surface area contributed by atoms with Gasteiger partial charge in [0, 0.05) is 32.7 Å². The monoisotopic (exact) mass is 538 g/mol. The van der Waals surface area contributed by atoms with Gasteiger partial charge in [-0.25, -0.2) is 4.99 Å². The molecule has 0 atom stereocenters. The van der Waals surface area contributed by atoms with Gasteiger partial charge >= 0.3 is 0 Å². The molecule has 0 aromatic heterocycles. The summed E-state index contributed by atoms with van der Waals surface area (Å²) in [6, 6.07) is 15.7. The van der Waals surface area contributed by atoms with Crippen molar-refractivity contribution in [2.45, 2.75) is 33.2 Å². The van der Waals surface area contributed by atoms with Crippen LogP contribution in [-0.2, 0) is 6.54 Å². The summed E-state index contributed by atoms with van der Waals surface area (Å²) in [6.07, 6.45) is 1.97. The van der Waals surface area contributed by atoms with E-state index in [2.05, 4.69) is 34.7 Å². The second kappa shape index (κ2) is 14.7. The second-order valence-electron chi connectivity index (χ2n) is 7.39. The van der Waals surface area contributed by atoms with Gasteiger partial charge < -0.3 is 20.3 Å². The van der Waals surface area contributed by atoms with E-state index in [9.17, 15) is 4.79 Å². The zero-order valence-electron chi connectivity index (χ0n) is 19.0. The fourth-order valence-corrected chi connectivity index (χ4v) is 2.78. The molecule has 2 aromatic rings. The van der Waals surface area contributed by atoms with Crippen LogP contribution in [0.1, 0.15) is 41.3 Å². The summed E-state index contributed by atoms with van der Waals surface area (Å²) in [5, 5.41) is 6.63. The highest BCUT2D eigenvalue weighted by Gasteiger charge is 2.07. The molecule has 0 heterocycles. The molecule has 2 rings (SSSR count). The minimum absolute atomic E-state index is 0. The van der Waals surface area contributed by atoms with Crippen LogP contribution >= 0.6 is 24.0 Å². The molecule has 2 aromatic carbocycles. The summed E-state index contributed by atoms with van der Waals surface area (Å²) >= 11 is 0. The number of nitrogens with zero attached hydrogens (tertiary/aromatic N) is 2. The largest absolute Gasteiger partial charge is 0.494 e. The van der Waals surface area contributed by atoms with Crippen LogP contribution in [-0.4, -0.2) is 50.6 Å². The third-order valence-electron chi connectivity index (χ3n) is 4.52.